The molecule has 2 aliphatic rings. The van der Waals surface area contributed by atoms with E-state index in [-0.39, 0.29) is 5.82 Å². The van der Waals surface area contributed by atoms with Gasteiger partial charge in [0.1, 0.15) is 5.82 Å². The Hall–Kier alpha value is -0.930. The number of nitrogens with zero attached hydrogens (tertiary/aromatic N) is 1. The van der Waals surface area contributed by atoms with Crippen LogP contribution >= 0.6 is 0 Å². The first kappa shape index (κ1) is 10.2. The van der Waals surface area contributed by atoms with Gasteiger partial charge >= 0.3 is 0 Å². The first-order chi connectivity index (χ1) is 7.83. The van der Waals surface area contributed by atoms with Crippen molar-refractivity contribution >= 4 is 0 Å². The molecule has 3 rings (SSSR count). The molecule has 0 amide bonds. The van der Waals surface area contributed by atoms with Crippen molar-refractivity contribution in [2.24, 2.45) is 0 Å². The van der Waals surface area contributed by atoms with Crippen LogP contribution in [0.25, 0.3) is 0 Å². The summed E-state index contributed by atoms with van der Waals surface area (Å²) in [6, 6.07) is 8.38. The molecule has 0 radical (unpaired) electrons. The van der Waals surface area contributed by atoms with Crippen LogP contribution in [-0.2, 0) is 6.54 Å². The molecule has 16 heavy (non-hydrogen) atoms. The van der Waals surface area contributed by atoms with Gasteiger partial charge in [0.2, 0.25) is 0 Å². The molecule has 0 unspecified atom stereocenters. The van der Waals surface area contributed by atoms with E-state index in [4.69, 9.17) is 0 Å². The predicted molar refractivity (Wildman–Crippen MR) is 61.6 cm³/mol. The van der Waals surface area contributed by atoms with Crippen molar-refractivity contribution in [2.75, 3.05) is 13.1 Å². The number of halogens is 1. The van der Waals surface area contributed by atoms with Crippen LogP contribution in [0.4, 0.5) is 4.39 Å². The predicted octanol–water partition coefficient (Wildman–Crippen LogP) is 1.76. The molecule has 1 N–H and O–H groups in total. The van der Waals surface area contributed by atoms with Crippen molar-refractivity contribution in [3.8, 4) is 0 Å². The highest BCUT2D eigenvalue weighted by Gasteiger charge is 2.36. The van der Waals surface area contributed by atoms with Gasteiger partial charge < -0.3 is 5.32 Å². The fourth-order valence-electron chi connectivity index (χ4n) is 2.27. The van der Waals surface area contributed by atoms with Gasteiger partial charge in [0.15, 0.2) is 0 Å². The number of nitrogens with one attached hydrogen (secondary N) is 1. The minimum atomic E-state index is -0.146. The van der Waals surface area contributed by atoms with Crippen molar-refractivity contribution in [1.29, 1.82) is 0 Å². The van der Waals surface area contributed by atoms with Crippen LogP contribution < -0.4 is 5.32 Å². The lowest BCUT2D eigenvalue weighted by Gasteiger charge is -2.38. The largest absolute Gasteiger partial charge is 0.314 e. The minimum absolute atomic E-state index is 0.146. The monoisotopic (exact) mass is 220 g/mol. The summed E-state index contributed by atoms with van der Waals surface area (Å²) in [5.74, 6) is -0.146. The van der Waals surface area contributed by atoms with E-state index in [1.54, 1.807) is 12.1 Å². The average molecular weight is 220 g/mol. The van der Waals surface area contributed by atoms with Gasteiger partial charge in [-0.1, -0.05) is 12.1 Å². The first-order valence-electron chi connectivity index (χ1n) is 6.04. The van der Waals surface area contributed by atoms with Crippen molar-refractivity contribution < 1.29 is 4.39 Å². The summed E-state index contributed by atoms with van der Waals surface area (Å²) < 4.78 is 12.8. The third kappa shape index (κ3) is 2.11. The van der Waals surface area contributed by atoms with E-state index in [2.05, 4.69) is 10.2 Å². The second-order valence-corrected chi connectivity index (χ2v) is 4.84. The molecule has 1 saturated carbocycles. The maximum Gasteiger partial charge on any atom is 0.123 e. The molecule has 2 fully saturated rings. The summed E-state index contributed by atoms with van der Waals surface area (Å²) in [4.78, 5) is 2.57. The SMILES string of the molecule is Fc1ccc(CN(C2CC2)C2CNC2)cc1. The van der Waals surface area contributed by atoms with Crippen LogP contribution in [0.3, 0.4) is 0 Å². The molecule has 1 aliphatic carbocycles. The topological polar surface area (TPSA) is 15.3 Å². The molecule has 1 saturated heterocycles. The van der Waals surface area contributed by atoms with Crippen LogP contribution in [0.15, 0.2) is 24.3 Å². The Kier molecular flexibility index (Phi) is 2.65. The average Bonchev–Trinajstić information content (AvgIpc) is 3.01. The van der Waals surface area contributed by atoms with Gasteiger partial charge in [0.25, 0.3) is 0 Å². The van der Waals surface area contributed by atoms with Crippen LogP contribution in [0.5, 0.6) is 0 Å². The lowest BCUT2D eigenvalue weighted by molar-refractivity contribution is 0.129. The first-order valence-corrected chi connectivity index (χ1v) is 6.04. The summed E-state index contributed by atoms with van der Waals surface area (Å²) >= 11 is 0. The number of hydrogen-bond donors (Lipinski definition) is 1. The zero-order chi connectivity index (χ0) is 11.0. The summed E-state index contributed by atoms with van der Waals surface area (Å²) in [6.45, 7) is 3.19. The van der Waals surface area contributed by atoms with E-state index in [1.165, 1.54) is 18.4 Å². The highest BCUT2D eigenvalue weighted by Crippen LogP contribution is 2.31. The Labute approximate surface area is 95.4 Å². The maximum atomic E-state index is 12.8. The lowest BCUT2D eigenvalue weighted by Crippen LogP contribution is -2.57. The molecule has 1 aromatic carbocycles. The van der Waals surface area contributed by atoms with Crippen molar-refractivity contribution in [1.82, 2.24) is 10.2 Å². The summed E-state index contributed by atoms with van der Waals surface area (Å²) in [6.07, 6.45) is 2.66. The van der Waals surface area contributed by atoms with Gasteiger partial charge in [-0.2, -0.15) is 0 Å². The molecule has 0 atom stereocenters. The molecule has 3 heteroatoms. The Morgan fingerprint density at radius 1 is 1.12 bits per heavy atom. The van der Waals surface area contributed by atoms with E-state index in [9.17, 15) is 4.39 Å². The quantitative estimate of drug-likeness (QED) is 0.831. The second-order valence-electron chi connectivity index (χ2n) is 4.84. The highest BCUT2D eigenvalue weighted by atomic mass is 19.1. The van der Waals surface area contributed by atoms with Crippen LogP contribution in [0.1, 0.15) is 18.4 Å². The molecule has 1 heterocycles. The van der Waals surface area contributed by atoms with E-state index < -0.39 is 0 Å². The third-order valence-electron chi connectivity index (χ3n) is 3.52. The van der Waals surface area contributed by atoms with Crippen LogP contribution in [0, 0.1) is 5.82 Å². The van der Waals surface area contributed by atoms with Gasteiger partial charge in [0.05, 0.1) is 0 Å². The van der Waals surface area contributed by atoms with E-state index in [1.807, 2.05) is 12.1 Å². The van der Waals surface area contributed by atoms with E-state index >= 15 is 0 Å². The van der Waals surface area contributed by atoms with Crippen LogP contribution in [-0.4, -0.2) is 30.1 Å². The summed E-state index contributed by atoms with van der Waals surface area (Å²) in [5.41, 5.74) is 1.22. The molecule has 1 aliphatic heterocycles. The molecule has 86 valence electrons. The molecule has 0 bridgehead atoms. The molecule has 2 nitrogen and oxygen atoms in total. The smallest absolute Gasteiger partial charge is 0.123 e. The summed E-state index contributed by atoms with van der Waals surface area (Å²) in [7, 11) is 0. The third-order valence-corrected chi connectivity index (χ3v) is 3.52. The van der Waals surface area contributed by atoms with Gasteiger partial charge in [-0.05, 0) is 30.5 Å². The fourth-order valence-corrected chi connectivity index (χ4v) is 2.27. The maximum absolute atomic E-state index is 12.8. The minimum Gasteiger partial charge on any atom is -0.314 e. The number of rotatable bonds is 4. The van der Waals surface area contributed by atoms with Gasteiger partial charge in [0, 0.05) is 31.7 Å². The molecule has 0 spiro atoms. The number of benzene rings is 1. The molecule has 0 aromatic heterocycles. The molecular weight excluding hydrogens is 203 g/mol. The standard InChI is InChI=1S/C13H17FN2/c14-11-3-1-10(2-4-11)9-16(12-5-6-12)13-7-15-8-13/h1-4,12-13,15H,5-9H2. The Bertz CT molecular complexity index is 355. The zero-order valence-electron chi connectivity index (χ0n) is 9.32. The van der Waals surface area contributed by atoms with Gasteiger partial charge in [-0.25, -0.2) is 4.39 Å². The number of hydrogen-bond acceptors (Lipinski definition) is 2. The van der Waals surface area contributed by atoms with Crippen molar-refractivity contribution in [3.05, 3.63) is 35.6 Å². The Morgan fingerprint density at radius 2 is 1.81 bits per heavy atom. The Balaban J connectivity index is 1.68. The van der Waals surface area contributed by atoms with E-state index in [0.717, 1.165) is 25.7 Å². The van der Waals surface area contributed by atoms with Crippen molar-refractivity contribution in [3.63, 3.8) is 0 Å². The highest BCUT2D eigenvalue weighted by molar-refractivity contribution is 5.16. The zero-order valence-corrected chi connectivity index (χ0v) is 9.32. The van der Waals surface area contributed by atoms with Crippen molar-refractivity contribution in [2.45, 2.75) is 31.5 Å². The molecule has 1 aromatic rings. The molecular formula is C13H17FN2. The Morgan fingerprint density at radius 3 is 2.31 bits per heavy atom. The normalized spacial score (nSPS) is 21.1. The van der Waals surface area contributed by atoms with E-state index in [0.29, 0.717) is 6.04 Å². The fraction of sp³-hybridized carbons (Fsp3) is 0.538. The van der Waals surface area contributed by atoms with Gasteiger partial charge in [-0.3, -0.25) is 4.90 Å². The second kappa shape index (κ2) is 4.15. The van der Waals surface area contributed by atoms with Gasteiger partial charge in [-0.15, -0.1) is 0 Å². The van der Waals surface area contributed by atoms with Crippen LogP contribution in [0.2, 0.25) is 0 Å². The summed E-state index contributed by atoms with van der Waals surface area (Å²) in [5, 5.41) is 3.32. The lowest BCUT2D eigenvalue weighted by atomic mass is 10.1.